The van der Waals surface area contributed by atoms with Gasteiger partial charge in [-0.05, 0) is 38.0 Å². The number of carbonyl (C=O) groups is 1. The third-order valence-electron chi connectivity index (χ3n) is 3.78. The van der Waals surface area contributed by atoms with Crippen LogP contribution in [-0.4, -0.2) is 12.1 Å². The maximum absolute atomic E-state index is 11.5. The minimum Gasteiger partial charge on any atom is -0.459 e. The molecule has 2 fully saturated rings. The molecule has 0 aromatic rings. The van der Waals surface area contributed by atoms with Gasteiger partial charge < -0.3 is 4.74 Å². The zero-order valence-corrected chi connectivity index (χ0v) is 9.99. The predicted molar refractivity (Wildman–Crippen MR) is 64.1 cm³/mol. The maximum atomic E-state index is 11.5. The van der Waals surface area contributed by atoms with Gasteiger partial charge in [0.15, 0.2) is 0 Å². The number of hydrogen-bond donors (Lipinski definition) is 0. The van der Waals surface area contributed by atoms with Crippen LogP contribution in [0.1, 0.15) is 57.8 Å². The molecule has 2 rings (SSSR count). The van der Waals surface area contributed by atoms with Crippen LogP contribution in [0.25, 0.3) is 0 Å². The van der Waals surface area contributed by atoms with E-state index in [1.807, 2.05) is 6.08 Å². The van der Waals surface area contributed by atoms with Crippen LogP contribution in [0.5, 0.6) is 0 Å². The minimum absolute atomic E-state index is 0.134. The van der Waals surface area contributed by atoms with E-state index in [2.05, 4.69) is 0 Å². The highest BCUT2D eigenvalue weighted by molar-refractivity contribution is 5.82. The molecule has 0 aliphatic heterocycles. The lowest BCUT2D eigenvalue weighted by atomic mass is 10.0. The molecule has 0 N–H and O–H groups in total. The lowest BCUT2D eigenvalue weighted by molar-refractivity contribution is -0.142. The number of esters is 1. The highest BCUT2D eigenvalue weighted by atomic mass is 16.5. The Hall–Kier alpha value is -0.790. The van der Waals surface area contributed by atoms with Crippen molar-refractivity contribution in [3.05, 3.63) is 12.2 Å². The van der Waals surface area contributed by atoms with Crippen LogP contribution in [-0.2, 0) is 9.53 Å². The Kier molecular flexibility index (Phi) is 4.44. The van der Waals surface area contributed by atoms with E-state index in [1.54, 1.807) is 6.08 Å². The molecular weight excluding hydrogens is 200 g/mol. The molecule has 2 aliphatic rings. The first-order chi connectivity index (χ1) is 7.84. The molecule has 90 valence electrons. The highest BCUT2D eigenvalue weighted by Crippen LogP contribution is 2.27. The fourth-order valence-electron chi connectivity index (χ4n) is 2.81. The van der Waals surface area contributed by atoms with Gasteiger partial charge in [0.05, 0.1) is 0 Å². The van der Waals surface area contributed by atoms with Crippen molar-refractivity contribution in [2.24, 2.45) is 5.92 Å². The second-order valence-electron chi connectivity index (χ2n) is 5.13. The van der Waals surface area contributed by atoms with E-state index in [0.29, 0.717) is 0 Å². The highest BCUT2D eigenvalue weighted by Gasteiger charge is 2.18. The van der Waals surface area contributed by atoms with E-state index in [4.69, 9.17) is 4.74 Å². The molecule has 0 heterocycles. The fourth-order valence-corrected chi connectivity index (χ4v) is 2.81. The molecule has 0 bridgehead atoms. The molecule has 0 aromatic carbocycles. The minimum atomic E-state index is -0.134. The number of hydrogen-bond acceptors (Lipinski definition) is 2. The van der Waals surface area contributed by atoms with E-state index in [9.17, 15) is 4.79 Å². The van der Waals surface area contributed by atoms with Gasteiger partial charge in [-0.3, -0.25) is 0 Å². The summed E-state index contributed by atoms with van der Waals surface area (Å²) in [5.41, 5.74) is 0. The number of ether oxygens (including phenoxy) is 1. The second-order valence-corrected chi connectivity index (χ2v) is 5.13. The van der Waals surface area contributed by atoms with Crippen LogP contribution < -0.4 is 0 Å². The van der Waals surface area contributed by atoms with Gasteiger partial charge in [-0.25, -0.2) is 4.79 Å². The Morgan fingerprint density at radius 1 is 1.06 bits per heavy atom. The Morgan fingerprint density at radius 3 is 2.38 bits per heavy atom. The molecule has 16 heavy (non-hydrogen) atoms. The van der Waals surface area contributed by atoms with Gasteiger partial charge in [-0.15, -0.1) is 0 Å². The van der Waals surface area contributed by atoms with Gasteiger partial charge in [-0.2, -0.15) is 0 Å². The molecule has 0 amide bonds. The molecule has 2 aliphatic carbocycles. The summed E-state index contributed by atoms with van der Waals surface area (Å²) in [6, 6.07) is 0. The van der Waals surface area contributed by atoms with Crippen molar-refractivity contribution >= 4 is 5.97 Å². The summed E-state index contributed by atoms with van der Waals surface area (Å²) in [5.74, 6) is 0.681. The van der Waals surface area contributed by atoms with Crippen molar-refractivity contribution in [3.8, 4) is 0 Å². The molecule has 2 nitrogen and oxygen atoms in total. The lowest BCUT2D eigenvalue weighted by Gasteiger charge is -2.09. The normalized spacial score (nSPS) is 23.2. The van der Waals surface area contributed by atoms with Gasteiger partial charge >= 0.3 is 5.97 Å². The Bertz CT molecular complexity index is 245. The average Bonchev–Trinajstić information content (AvgIpc) is 2.90. The third-order valence-corrected chi connectivity index (χ3v) is 3.78. The summed E-state index contributed by atoms with van der Waals surface area (Å²) < 4.78 is 5.35. The summed E-state index contributed by atoms with van der Waals surface area (Å²) in [7, 11) is 0. The van der Waals surface area contributed by atoms with Gasteiger partial charge in [0.2, 0.25) is 0 Å². The van der Waals surface area contributed by atoms with Crippen LogP contribution >= 0.6 is 0 Å². The summed E-state index contributed by atoms with van der Waals surface area (Å²) in [6.45, 7) is 0. The van der Waals surface area contributed by atoms with Crippen molar-refractivity contribution in [2.45, 2.75) is 63.9 Å². The van der Waals surface area contributed by atoms with Crippen LogP contribution in [0.2, 0.25) is 0 Å². The van der Waals surface area contributed by atoms with Crippen molar-refractivity contribution in [2.75, 3.05) is 0 Å². The average molecular weight is 222 g/mol. The summed E-state index contributed by atoms with van der Waals surface area (Å²) in [6.07, 6.45) is 14.8. The number of rotatable bonds is 4. The van der Waals surface area contributed by atoms with Crippen LogP contribution in [0.3, 0.4) is 0 Å². The SMILES string of the molecule is O=C(C=CCC1CCCC1)OC1CCCC1. The summed E-state index contributed by atoms with van der Waals surface area (Å²) in [5, 5.41) is 0. The summed E-state index contributed by atoms with van der Waals surface area (Å²) in [4.78, 5) is 11.5. The molecule has 2 heteroatoms. The second kappa shape index (κ2) is 6.07. The van der Waals surface area contributed by atoms with Crippen LogP contribution in [0, 0.1) is 5.92 Å². The molecule has 0 radical (unpaired) electrons. The van der Waals surface area contributed by atoms with Crippen LogP contribution in [0.4, 0.5) is 0 Å². The van der Waals surface area contributed by atoms with Gasteiger partial charge in [0, 0.05) is 6.08 Å². The first-order valence-corrected chi connectivity index (χ1v) is 6.72. The third kappa shape index (κ3) is 3.66. The quantitative estimate of drug-likeness (QED) is 0.536. The van der Waals surface area contributed by atoms with Crippen molar-refractivity contribution in [1.82, 2.24) is 0 Å². The molecule has 0 aromatic heterocycles. The Morgan fingerprint density at radius 2 is 1.69 bits per heavy atom. The van der Waals surface area contributed by atoms with E-state index < -0.39 is 0 Å². The van der Waals surface area contributed by atoms with E-state index >= 15 is 0 Å². The molecule has 2 saturated carbocycles. The molecule has 0 unspecified atom stereocenters. The summed E-state index contributed by atoms with van der Waals surface area (Å²) >= 11 is 0. The van der Waals surface area contributed by atoms with Gasteiger partial charge in [-0.1, -0.05) is 31.8 Å². The lowest BCUT2D eigenvalue weighted by Crippen LogP contribution is -2.12. The van der Waals surface area contributed by atoms with Gasteiger partial charge in [0.1, 0.15) is 6.10 Å². The zero-order valence-electron chi connectivity index (χ0n) is 9.99. The Labute approximate surface area is 98.1 Å². The maximum Gasteiger partial charge on any atom is 0.330 e. The Balaban J connectivity index is 1.63. The predicted octanol–water partition coefficient (Wildman–Crippen LogP) is 3.61. The first kappa shape index (κ1) is 11.7. The molecular formula is C14H22O2. The smallest absolute Gasteiger partial charge is 0.330 e. The fraction of sp³-hybridized carbons (Fsp3) is 0.786. The van der Waals surface area contributed by atoms with Crippen molar-refractivity contribution < 1.29 is 9.53 Å². The topological polar surface area (TPSA) is 26.3 Å². The molecule has 0 spiro atoms. The molecule has 0 saturated heterocycles. The number of carbonyl (C=O) groups excluding carboxylic acids is 1. The number of allylic oxidation sites excluding steroid dienone is 1. The van der Waals surface area contributed by atoms with E-state index in [-0.39, 0.29) is 12.1 Å². The van der Waals surface area contributed by atoms with E-state index in [0.717, 1.165) is 25.2 Å². The monoisotopic (exact) mass is 222 g/mol. The van der Waals surface area contributed by atoms with E-state index in [1.165, 1.54) is 38.5 Å². The standard InChI is InChI=1S/C14H22O2/c15-14(16-13-9-3-4-10-13)11-5-8-12-6-1-2-7-12/h5,11-13H,1-4,6-10H2. The zero-order chi connectivity index (χ0) is 11.2. The van der Waals surface area contributed by atoms with Crippen molar-refractivity contribution in [1.29, 1.82) is 0 Å². The largest absolute Gasteiger partial charge is 0.459 e. The van der Waals surface area contributed by atoms with Gasteiger partial charge in [0.25, 0.3) is 0 Å². The molecule has 0 atom stereocenters. The van der Waals surface area contributed by atoms with Crippen LogP contribution in [0.15, 0.2) is 12.2 Å². The van der Waals surface area contributed by atoms with Crippen molar-refractivity contribution in [3.63, 3.8) is 0 Å². The first-order valence-electron chi connectivity index (χ1n) is 6.72.